The number of carbonyl (C=O) groups excluding carboxylic acids is 1. The zero-order chi connectivity index (χ0) is 20.5. The van der Waals surface area contributed by atoms with Gasteiger partial charge in [-0.15, -0.1) is 0 Å². The average Bonchev–Trinajstić information content (AvgIpc) is 3.22. The molecule has 5 nitrogen and oxygen atoms in total. The van der Waals surface area contributed by atoms with Gasteiger partial charge in [0.2, 0.25) is 0 Å². The van der Waals surface area contributed by atoms with Crippen molar-refractivity contribution in [3.63, 3.8) is 0 Å². The molecule has 28 heavy (non-hydrogen) atoms. The number of rotatable bonds is 1. The maximum Gasteiger partial charge on any atom is 0.419 e. The summed E-state index contributed by atoms with van der Waals surface area (Å²) < 4.78 is 7.20. The quantitative estimate of drug-likeness (QED) is 0.391. The highest BCUT2D eigenvalue weighted by molar-refractivity contribution is 6.31. The second kappa shape index (κ2) is 7.68. The van der Waals surface area contributed by atoms with Gasteiger partial charge in [-0.05, 0) is 51.1 Å². The number of H-pyrrole nitrogens is 1. The minimum absolute atomic E-state index is 0.432. The van der Waals surface area contributed by atoms with Crippen molar-refractivity contribution in [3.8, 4) is 11.4 Å². The van der Waals surface area contributed by atoms with E-state index in [4.69, 9.17) is 16.3 Å². The lowest BCUT2D eigenvalue weighted by atomic mass is 10.1. The minimum atomic E-state index is -0.596. The van der Waals surface area contributed by atoms with Crippen molar-refractivity contribution in [1.82, 2.24) is 14.8 Å². The van der Waals surface area contributed by atoms with Gasteiger partial charge in [-0.2, -0.15) is 5.10 Å². The fourth-order valence-electron chi connectivity index (χ4n) is 3.02. The van der Waals surface area contributed by atoms with Gasteiger partial charge in [0.25, 0.3) is 0 Å². The number of para-hydroxylation sites is 1. The molecule has 0 amide bonds. The fourth-order valence-corrected chi connectivity index (χ4v) is 3.19. The Morgan fingerprint density at radius 1 is 1.11 bits per heavy atom. The third kappa shape index (κ3) is 3.76. The van der Waals surface area contributed by atoms with Gasteiger partial charge in [-0.25, -0.2) is 9.36 Å². The van der Waals surface area contributed by atoms with Gasteiger partial charge in [-0.3, -0.25) is 5.10 Å². The van der Waals surface area contributed by atoms with Gasteiger partial charge in [0, 0.05) is 15.8 Å². The van der Waals surface area contributed by atoms with Crippen LogP contribution in [0, 0.1) is 0 Å². The van der Waals surface area contributed by atoms with E-state index in [1.807, 2.05) is 83.1 Å². The molecular formula is C22H24ClN3O2. The van der Waals surface area contributed by atoms with Crippen molar-refractivity contribution in [2.45, 2.75) is 40.2 Å². The van der Waals surface area contributed by atoms with Gasteiger partial charge in [0.15, 0.2) is 0 Å². The largest absolute Gasteiger partial charge is 0.443 e. The Labute approximate surface area is 169 Å². The van der Waals surface area contributed by atoms with E-state index in [-0.39, 0.29) is 0 Å². The molecule has 0 radical (unpaired) electrons. The predicted octanol–water partition coefficient (Wildman–Crippen LogP) is 6.65. The molecular weight excluding hydrogens is 374 g/mol. The summed E-state index contributed by atoms with van der Waals surface area (Å²) in [5, 5.41) is 9.87. The van der Waals surface area contributed by atoms with E-state index in [2.05, 4.69) is 10.2 Å². The number of halogens is 1. The highest BCUT2D eigenvalue weighted by Crippen LogP contribution is 2.33. The number of hydrogen-bond donors (Lipinski definition) is 1. The van der Waals surface area contributed by atoms with Crippen LogP contribution in [0.4, 0.5) is 4.79 Å². The van der Waals surface area contributed by atoms with Crippen LogP contribution < -0.4 is 0 Å². The van der Waals surface area contributed by atoms with Crippen molar-refractivity contribution >= 4 is 39.5 Å². The molecule has 4 aromatic rings. The highest BCUT2D eigenvalue weighted by Gasteiger charge is 2.24. The summed E-state index contributed by atoms with van der Waals surface area (Å²) in [5.41, 5.74) is 2.35. The molecule has 0 fully saturated rings. The van der Waals surface area contributed by atoms with Crippen molar-refractivity contribution in [1.29, 1.82) is 0 Å². The molecule has 0 saturated heterocycles. The van der Waals surface area contributed by atoms with Crippen LogP contribution in [0.25, 0.3) is 33.2 Å². The zero-order valence-electron chi connectivity index (χ0n) is 16.7. The highest BCUT2D eigenvalue weighted by atomic mass is 35.5. The molecule has 2 aromatic carbocycles. The molecule has 0 spiro atoms. The van der Waals surface area contributed by atoms with Crippen LogP contribution in [0.1, 0.15) is 34.6 Å². The minimum Gasteiger partial charge on any atom is -0.443 e. The molecule has 0 aliphatic heterocycles. The van der Waals surface area contributed by atoms with Gasteiger partial charge in [0.05, 0.1) is 16.7 Å². The second-order valence-electron chi connectivity index (χ2n) is 7.17. The van der Waals surface area contributed by atoms with Crippen molar-refractivity contribution < 1.29 is 9.53 Å². The summed E-state index contributed by atoms with van der Waals surface area (Å²) in [6.07, 6.45) is -0.432. The molecule has 2 heterocycles. The Balaban J connectivity index is 0.00000109. The maximum absolute atomic E-state index is 12.9. The molecule has 0 saturated carbocycles. The standard InChI is InChI=1S/C20H18ClN3O2.C2H6/c1-20(2,3)26-19(25)24-16-7-5-4-6-12(16)10-17(24)18-14-9-8-13(21)11-15(14)22-23-18;1-2/h4-11H,1-3H3,(H,22,23);1-2H3. The van der Waals surface area contributed by atoms with Crippen molar-refractivity contribution in [3.05, 3.63) is 53.6 Å². The summed E-state index contributed by atoms with van der Waals surface area (Å²) in [4.78, 5) is 12.9. The normalized spacial score (nSPS) is 11.4. The zero-order valence-corrected chi connectivity index (χ0v) is 17.5. The third-order valence-corrected chi connectivity index (χ3v) is 4.29. The Bertz CT molecular complexity index is 1140. The number of hydrogen-bond acceptors (Lipinski definition) is 3. The van der Waals surface area contributed by atoms with E-state index in [1.54, 1.807) is 4.57 Å². The first kappa shape index (κ1) is 20.0. The van der Waals surface area contributed by atoms with Crippen molar-refractivity contribution in [2.24, 2.45) is 0 Å². The van der Waals surface area contributed by atoms with Crippen LogP contribution in [0.15, 0.2) is 48.5 Å². The van der Waals surface area contributed by atoms with Crippen molar-refractivity contribution in [2.75, 3.05) is 0 Å². The number of nitrogens with one attached hydrogen (secondary N) is 1. The lowest BCUT2D eigenvalue weighted by Crippen LogP contribution is -2.27. The van der Waals surface area contributed by atoms with Crippen LogP contribution in [0.5, 0.6) is 0 Å². The molecule has 0 atom stereocenters. The van der Waals surface area contributed by atoms with Gasteiger partial charge >= 0.3 is 6.09 Å². The number of aromatic nitrogens is 3. The summed E-state index contributed by atoms with van der Waals surface area (Å²) >= 11 is 6.07. The SMILES string of the molecule is CC.CC(C)(C)OC(=O)n1c(-c2n[nH]c3cc(Cl)ccc23)cc2ccccc21. The molecule has 146 valence electrons. The van der Waals surface area contributed by atoms with Crippen LogP contribution in [-0.4, -0.2) is 26.5 Å². The van der Waals surface area contributed by atoms with Gasteiger partial charge in [0.1, 0.15) is 11.3 Å². The van der Waals surface area contributed by atoms with E-state index in [9.17, 15) is 4.79 Å². The summed E-state index contributed by atoms with van der Waals surface area (Å²) in [7, 11) is 0. The first-order valence-electron chi connectivity index (χ1n) is 9.31. The lowest BCUT2D eigenvalue weighted by Gasteiger charge is -2.20. The summed E-state index contributed by atoms with van der Waals surface area (Å²) in [5.74, 6) is 0. The summed E-state index contributed by atoms with van der Waals surface area (Å²) in [6, 6.07) is 15.2. The molecule has 1 N–H and O–H groups in total. The Hall–Kier alpha value is -2.79. The number of fused-ring (bicyclic) bond motifs is 2. The molecule has 2 aromatic heterocycles. The molecule has 0 bridgehead atoms. The van der Waals surface area contributed by atoms with E-state index >= 15 is 0 Å². The van der Waals surface area contributed by atoms with Crippen LogP contribution in [-0.2, 0) is 4.74 Å². The number of ether oxygens (including phenoxy) is 1. The van der Waals surface area contributed by atoms with E-state index < -0.39 is 11.7 Å². The van der Waals surface area contributed by atoms with Crippen LogP contribution in [0.3, 0.4) is 0 Å². The molecule has 0 aliphatic carbocycles. The first-order chi connectivity index (χ1) is 13.3. The van der Waals surface area contributed by atoms with Gasteiger partial charge in [-0.1, -0.05) is 43.6 Å². The Morgan fingerprint density at radius 2 is 1.82 bits per heavy atom. The summed E-state index contributed by atoms with van der Waals surface area (Å²) in [6.45, 7) is 9.55. The Morgan fingerprint density at radius 3 is 2.54 bits per heavy atom. The van der Waals surface area contributed by atoms with Crippen LogP contribution >= 0.6 is 11.6 Å². The maximum atomic E-state index is 12.9. The number of nitrogens with zero attached hydrogens (tertiary/aromatic N) is 2. The number of carbonyl (C=O) groups is 1. The first-order valence-corrected chi connectivity index (χ1v) is 9.69. The van der Waals surface area contributed by atoms with E-state index in [0.29, 0.717) is 16.4 Å². The number of aromatic amines is 1. The predicted molar refractivity (Wildman–Crippen MR) is 115 cm³/mol. The molecule has 6 heteroatoms. The number of benzene rings is 2. The lowest BCUT2D eigenvalue weighted by molar-refractivity contribution is 0.0547. The molecule has 0 aliphatic rings. The van der Waals surface area contributed by atoms with Gasteiger partial charge < -0.3 is 4.74 Å². The second-order valence-corrected chi connectivity index (χ2v) is 7.60. The smallest absolute Gasteiger partial charge is 0.419 e. The average molecular weight is 398 g/mol. The molecule has 4 rings (SSSR count). The fraction of sp³-hybridized carbons (Fsp3) is 0.273. The molecule has 0 unspecified atom stereocenters. The van der Waals surface area contributed by atoms with E-state index in [1.165, 1.54) is 0 Å². The van der Waals surface area contributed by atoms with E-state index in [0.717, 1.165) is 21.8 Å². The van der Waals surface area contributed by atoms with Crippen LogP contribution in [0.2, 0.25) is 5.02 Å². The third-order valence-electron chi connectivity index (χ3n) is 4.05. The Kier molecular flexibility index (Phi) is 5.47. The topological polar surface area (TPSA) is 59.9 Å². The monoisotopic (exact) mass is 397 g/mol.